The molecule has 2 saturated carbocycles. The fourth-order valence-electron chi connectivity index (χ4n) is 10.8. The van der Waals surface area contributed by atoms with Gasteiger partial charge >= 0.3 is 11.9 Å². The smallest absolute Gasteiger partial charge is 0.338 e. The number of ether oxygens (including phenoxy) is 6. The quantitative estimate of drug-likeness (QED) is 0.0686. The Kier molecular flexibility index (Phi) is 17.7. The molecule has 4 aromatic rings. The first-order valence-electron chi connectivity index (χ1n) is 25.2. The van der Waals surface area contributed by atoms with Crippen LogP contribution in [-0.2, 0) is 57.5 Å². The lowest BCUT2D eigenvalue weighted by atomic mass is 9.75. The molecular formula is C52H70N4O15. The minimum Gasteiger partial charge on any atom is -0.479 e. The first kappa shape index (κ1) is 52.6. The molecule has 4 heterocycles. The number of carbonyl (C=O) groups is 3. The minimum atomic E-state index is -1.68. The van der Waals surface area contributed by atoms with E-state index in [1.54, 1.807) is 22.9 Å². The molecule has 4 fully saturated rings. The number of nitrogens with zero attached hydrogens (tertiary/aromatic N) is 4. The molecular weight excluding hydrogens is 921 g/mol. The first-order valence-corrected chi connectivity index (χ1v) is 25.2. The zero-order chi connectivity index (χ0) is 50.3. The summed E-state index contributed by atoms with van der Waals surface area (Å²) >= 11 is 0. The Balaban J connectivity index is 1.01. The predicted molar refractivity (Wildman–Crippen MR) is 254 cm³/mol. The number of aliphatic hydroxyl groups is 5. The number of hydrogen-bond donors (Lipinski definition) is 6. The van der Waals surface area contributed by atoms with E-state index in [0.717, 1.165) is 43.3 Å². The van der Waals surface area contributed by atoms with Crippen LogP contribution in [0.1, 0.15) is 99.7 Å². The SMILES string of the molecule is Cc1ccc2c(ccn2CCn2cc(CCCC(=O)C3CC(C)[C@@H](O[C@@H]4OC(C)[C@@H](O)[C@H](O)C4O)[C@H](O[C@@H]4O[C@@H](CO)[C@H](O)C(O[C@@H](CC5CCCCC5)C(=O)O)C4OC(=O)c4ccccc4)C3)nn2)c1. The van der Waals surface area contributed by atoms with Crippen LogP contribution in [0.4, 0.5) is 0 Å². The molecule has 2 aromatic heterocycles. The van der Waals surface area contributed by atoms with E-state index in [-0.39, 0.29) is 36.5 Å². The highest BCUT2D eigenvalue weighted by atomic mass is 16.7. The molecule has 0 amide bonds. The van der Waals surface area contributed by atoms with Gasteiger partial charge in [0, 0.05) is 36.8 Å². The van der Waals surface area contributed by atoms with Crippen LogP contribution in [0.25, 0.3) is 10.9 Å². The molecule has 2 aromatic carbocycles. The summed E-state index contributed by atoms with van der Waals surface area (Å²) in [5, 5.41) is 74.9. The number of aliphatic hydroxyl groups excluding tert-OH is 5. The maximum atomic E-state index is 14.2. The third-order valence-corrected chi connectivity index (χ3v) is 14.8. The third kappa shape index (κ3) is 12.8. The van der Waals surface area contributed by atoms with Crippen LogP contribution in [0, 0.1) is 24.7 Å². The highest BCUT2D eigenvalue weighted by molar-refractivity contribution is 5.89. The van der Waals surface area contributed by atoms with Crippen molar-refractivity contribution in [1.82, 2.24) is 19.6 Å². The summed E-state index contributed by atoms with van der Waals surface area (Å²) in [6.07, 6.45) is -8.19. The second-order valence-corrected chi connectivity index (χ2v) is 20.1. The summed E-state index contributed by atoms with van der Waals surface area (Å²) in [4.78, 5) is 40.9. The number of esters is 1. The molecule has 19 nitrogen and oxygen atoms in total. The van der Waals surface area contributed by atoms with Crippen LogP contribution < -0.4 is 0 Å². The lowest BCUT2D eigenvalue weighted by Gasteiger charge is -2.48. The number of hydrogen-bond acceptors (Lipinski definition) is 16. The number of aryl methyl sites for hydroxylation is 4. The minimum absolute atomic E-state index is 0.0394. The lowest BCUT2D eigenvalue weighted by Crippen LogP contribution is -2.64. The molecule has 0 bridgehead atoms. The number of carboxylic acid groups (broad SMARTS) is 1. The second kappa shape index (κ2) is 23.9. The van der Waals surface area contributed by atoms with E-state index in [9.17, 15) is 45.0 Å². The number of aliphatic carboxylic acids is 1. The molecule has 8 rings (SSSR count). The van der Waals surface area contributed by atoms with Crippen molar-refractivity contribution in [1.29, 1.82) is 0 Å². The Morgan fingerprint density at radius 3 is 2.37 bits per heavy atom. The third-order valence-electron chi connectivity index (χ3n) is 14.8. The van der Waals surface area contributed by atoms with Gasteiger partial charge in [0.1, 0.15) is 42.4 Å². The van der Waals surface area contributed by atoms with Crippen LogP contribution in [0.3, 0.4) is 0 Å². The molecule has 388 valence electrons. The highest BCUT2D eigenvalue weighted by Crippen LogP contribution is 2.40. The van der Waals surface area contributed by atoms with E-state index < -0.39 is 110 Å². The summed E-state index contributed by atoms with van der Waals surface area (Å²) in [6, 6.07) is 16.5. The molecule has 19 heteroatoms. The summed E-state index contributed by atoms with van der Waals surface area (Å²) in [6.45, 7) is 5.99. The summed E-state index contributed by atoms with van der Waals surface area (Å²) in [5.74, 6) is -3.18. The van der Waals surface area contributed by atoms with Gasteiger partial charge in [-0.25, -0.2) is 9.59 Å². The zero-order valence-electron chi connectivity index (χ0n) is 40.6. The molecule has 0 spiro atoms. The predicted octanol–water partition coefficient (Wildman–Crippen LogP) is 3.89. The van der Waals surface area contributed by atoms with Gasteiger partial charge in [-0.1, -0.05) is 74.1 Å². The van der Waals surface area contributed by atoms with Gasteiger partial charge in [0.15, 0.2) is 24.8 Å². The van der Waals surface area contributed by atoms with Gasteiger partial charge in [0.05, 0.1) is 42.7 Å². The van der Waals surface area contributed by atoms with Gasteiger partial charge in [-0.2, -0.15) is 0 Å². The van der Waals surface area contributed by atoms with Crippen molar-refractivity contribution in [3.63, 3.8) is 0 Å². The number of carbonyl (C=O) groups excluding carboxylic acids is 2. The molecule has 6 unspecified atom stereocenters. The van der Waals surface area contributed by atoms with Crippen LogP contribution >= 0.6 is 0 Å². The average molecular weight is 991 g/mol. The van der Waals surface area contributed by atoms with Crippen LogP contribution in [0.15, 0.2) is 67.0 Å². The first-order chi connectivity index (χ1) is 34.2. The molecule has 4 aliphatic rings. The number of aromatic nitrogens is 4. The Morgan fingerprint density at radius 1 is 0.845 bits per heavy atom. The van der Waals surface area contributed by atoms with Crippen LogP contribution in [-0.4, -0.2) is 154 Å². The second-order valence-electron chi connectivity index (χ2n) is 20.1. The van der Waals surface area contributed by atoms with Gasteiger partial charge in [-0.3, -0.25) is 9.48 Å². The lowest BCUT2D eigenvalue weighted by molar-refractivity contribution is -0.349. The molecule has 2 saturated heterocycles. The number of carboxylic acids is 1. The van der Waals surface area contributed by atoms with Gasteiger partial charge in [0.25, 0.3) is 0 Å². The fourth-order valence-corrected chi connectivity index (χ4v) is 10.8. The van der Waals surface area contributed by atoms with E-state index in [1.807, 2.05) is 13.1 Å². The molecule has 15 atom stereocenters. The van der Waals surface area contributed by atoms with E-state index in [0.29, 0.717) is 32.4 Å². The summed E-state index contributed by atoms with van der Waals surface area (Å²) < 4.78 is 41.6. The monoisotopic (exact) mass is 990 g/mol. The molecule has 2 aliphatic heterocycles. The Morgan fingerprint density at radius 2 is 1.62 bits per heavy atom. The largest absolute Gasteiger partial charge is 0.479 e. The normalized spacial score (nSPS) is 32.1. The molecule has 6 N–H and O–H groups in total. The number of Topliss-reactive ketones (excluding diaryl/α,β-unsaturated/α-hetero) is 1. The van der Waals surface area contributed by atoms with E-state index in [1.165, 1.54) is 30.0 Å². The number of benzene rings is 2. The highest BCUT2D eigenvalue weighted by Gasteiger charge is 2.54. The van der Waals surface area contributed by atoms with E-state index >= 15 is 0 Å². The van der Waals surface area contributed by atoms with Gasteiger partial charge in [0.2, 0.25) is 0 Å². The van der Waals surface area contributed by atoms with Crippen LogP contribution in [0.2, 0.25) is 0 Å². The Hall–Kier alpha value is -4.67. The Labute approximate surface area is 412 Å². The van der Waals surface area contributed by atoms with Crippen molar-refractivity contribution in [3.8, 4) is 0 Å². The molecule has 71 heavy (non-hydrogen) atoms. The van der Waals surface area contributed by atoms with Gasteiger partial charge in [-0.15, -0.1) is 5.10 Å². The molecule has 2 aliphatic carbocycles. The van der Waals surface area contributed by atoms with Crippen molar-refractivity contribution < 1.29 is 73.4 Å². The molecule has 0 radical (unpaired) electrons. The average Bonchev–Trinajstić information content (AvgIpc) is 4.00. The van der Waals surface area contributed by atoms with Crippen molar-refractivity contribution >= 4 is 28.6 Å². The topological polar surface area (TPSA) is 264 Å². The van der Waals surface area contributed by atoms with E-state index in [4.69, 9.17) is 28.4 Å². The van der Waals surface area contributed by atoms with Crippen LogP contribution in [0.5, 0.6) is 0 Å². The van der Waals surface area contributed by atoms with Crippen molar-refractivity contribution in [2.24, 2.45) is 17.8 Å². The summed E-state index contributed by atoms with van der Waals surface area (Å²) in [5.41, 5.74) is 3.23. The number of ketones is 1. The van der Waals surface area contributed by atoms with Crippen molar-refractivity contribution in [2.75, 3.05) is 6.61 Å². The van der Waals surface area contributed by atoms with Crippen molar-refractivity contribution in [2.45, 2.75) is 184 Å². The van der Waals surface area contributed by atoms with E-state index in [2.05, 4.69) is 52.3 Å². The van der Waals surface area contributed by atoms with Gasteiger partial charge in [-0.05, 0) is 93.5 Å². The fraction of sp³-hybridized carbons (Fsp3) is 0.635. The van der Waals surface area contributed by atoms with Gasteiger partial charge < -0.3 is 63.6 Å². The summed E-state index contributed by atoms with van der Waals surface area (Å²) in [7, 11) is 0. The number of fused-ring (bicyclic) bond motifs is 1. The van der Waals surface area contributed by atoms with Crippen molar-refractivity contribution in [3.05, 3.63) is 83.8 Å². The zero-order valence-corrected chi connectivity index (χ0v) is 40.6. The maximum absolute atomic E-state index is 14.2. The standard InChI is InChI=1S/C52H70N4O15/c1-29-17-18-37-34(23-29)19-20-55(37)21-22-56-27-36(53-54-56)15-10-16-38(58)35-24-30(2)46(71-51-45(62)44(61)42(59)31(3)66-51)39(26-35)68-52-48(70-50(65)33-13-8-5-9-14-33)47(43(60)41(28-57)69-52)67-40(49(63)64)25-32-11-6-4-7-12-32/h5,8-9,13-14,17-20,23,27,30-32,35,39-48,51-52,57,59-62H,4,6-7,10-12,15-16,21-22,24-26,28H2,1-3H3,(H,63,64)/t30?,31?,35?,39-,40+,41+,42-,43+,44+,45?,46-,47?,48?,51+,52-/m1/s1. The Bertz CT molecular complexity index is 2370. The maximum Gasteiger partial charge on any atom is 0.338 e. The number of rotatable bonds is 20.